The highest BCUT2D eigenvalue weighted by Crippen LogP contribution is 2.12. The van der Waals surface area contributed by atoms with Crippen molar-refractivity contribution < 1.29 is 9.59 Å². The maximum absolute atomic E-state index is 11.6. The Labute approximate surface area is 94.2 Å². The molecular formula is C12H13ClO2. The number of hydrogen-bond acceptors (Lipinski definition) is 2. The number of carbonyl (C=O) groups is 2. The summed E-state index contributed by atoms with van der Waals surface area (Å²) in [7, 11) is 0. The third-order valence-electron chi connectivity index (χ3n) is 2.14. The van der Waals surface area contributed by atoms with E-state index in [1.165, 1.54) is 0 Å². The van der Waals surface area contributed by atoms with Crippen molar-refractivity contribution in [2.75, 3.05) is 0 Å². The Morgan fingerprint density at radius 1 is 1.20 bits per heavy atom. The zero-order chi connectivity index (χ0) is 11.1. The van der Waals surface area contributed by atoms with Gasteiger partial charge >= 0.3 is 0 Å². The third-order valence-corrected chi connectivity index (χ3v) is 2.39. The van der Waals surface area contributed by atoms with Crippen LogP contribution >= 0.6 is 11.6 Å². The molecule has 80 valence electrons. The van der Waals surface area contributed by atoms with Crippen LogP contribution < -0.4 is 0 Å². The molecule has 0 heterocycles. The first-order chi connectivity index (χ1) is 7.24. The van der Waals surface area contributed by atoms with E-state index in [0.29, 0.717) is 23.4 Å². The molecule has 15 heavy (non-hydrogen) atoms. The minimum absolute atomic E-state index is 0.109. The van der Waals surface area contributed by atoms with Gasteiger partial charge in [-0.1, -0.05) is 11.6 Å². The van der Waals surface area contributed by atoms with Gasteiger partial charge < -0.3 is 4.79 Å². The number of rotatable bonds is 6. The molecule has 0 unspecified atom stereocenters. The van der Waals surface area contributed by atoms with Gasteiger partial charge in [-0.25, -0.2) is 0 Å². The number of benzene rings is 1. The maximum atomic E-state index is 11.6. The standard InChI is InChI=1S/C12H13ClO2/c13-11-7-5-10(6-8-11)12(15)4-2-1-3-9-14/h5-9H,1-4H2. The van der Waals surface area contributed by atoms with E-state index in [2.05, 4.69) is 0 Å². The van der Waals surface area contributed by atoms with Crippen LogP contribution in [-0.4, -0.2) is 12.1 Å². The summed E-state index contributed by atoms with van der Waals surface area (Å²) in [6, 6.07) is 6.87. The fourth-order valence-corrected chi connectivity index (χ4v) is 1.42. The summed E-state index contributed by atoms with van der Waals surface area (Å²) in [5.41, 5.74) is 0.686. The van der Waals surface area contributed by atoms with Gasteiger partial charge in [0.05, 0.1) is 0 Å². The van der Waals surface area contributed by atoms with Gasteiger partial charge in [0.15, 0.2) is 5.78 Å². The van der Waals surface area contributed by atoms with Crippen LogP contribution in [0.2, 0.25) is 5.02 Å². The lowest BCUT2D eigenvalue weighted by Gasteiger charge is -2.00. The average molecular weight is 225 g/mol. The Bertz CT molecular complexity index is 330. The summed E-state index contributed by atoms with van der Waals surface area (Å²) in [5.74, 6) is 0.109. The molecule has 0 aliphatic rings. The van der Waals surface area contributed by atoms with Gasteiger partial charge in [0.1, 0.15) is 6.29 Å². The van der Waals surface area contributed by atoms with E-state index in [9.17, 15) is 9.59 Å². The molecule has 0 saturated heterocycles. The molecule has 0 aliphatic carbocycles. The predicted molar refractivity (Wildman–Crippen MR) is 60.3 cm³/mol. The first-order valence-electron chi connectivity index (χ1n) is 4.96. The second-order valence-electron chi connectivity index (χ2n) is 3.34. The summed E-state index contributed by atoms with van der Waals surface area (Å²) >= 11 is 5.71. The highest BCUT2D eigenvalue weighted by molar-refractivity contribution is 6.30. The molecule has 0 aromatic heterocycles. The summed E-state index contributed by atoms with van der Waals surface area (Å²) in [6.45, 7) is 0. The van der Waals surface area contributed by atoms with Crippen LogP contribution in [0.15, 0.2) is 24.3 Å². The first kappa shape index (κ1) is 11.9. The highest BCUT2D eigenvalue weighted by Gasteiger charge is 2.04. The van der Waals surface area contributed by atoms with E-state index in [1.807, 2.05) is 0 Å². The van der Waals surface area contributed by atoms with Gasteiger partial charge in [0, 0.05) is 23.4 Å². The van der Waals surface area contributed by atoms with Crippen molar-refractivity contribution in [3.8, 4) is 0 Å². The zero-order valence-corrected chi connectivity index (χ0v) is 9.17. The van der Waals surface area contributed by atoms with E-state index in [4.69, 9.17) is 11.6 Å². The Morgan fingerprint density at radius 3 is 2.47 bits per heavy atom. The van der Waals surface area contributed by atoms with E-state index in [0.717, 1.165) is 19.1 Å². The largest absolute Gasteiger partial charge is 0.303 e. The van der Waals surface area contributed by atoms with Crippen LogP contribution in [-0.2, 0) is 4.79 Å². The van der Waals surface area contributed by atoms with Crippen LogP contribution in [0.5, 0.6) is 0 Å². The van der Waals surface area contributed by atoms with Crippen molar-refractivity contribution in [3.63, 3.8) is 0 Å². The lowest BCUT2D eigenvalue weighted by molar-refractivity contribution is -0.107. The number of aldehydes is 1. The fourth-order valence-electron chi connectivity index (χ4n) is 1.29. The Hall–Kier alpha value is -1.15. The van der Waals surface area contributed by atoms with Gasteiger partial charge in [-0.15, -0.1) is 0 Å². The smallest absolute Gasteiger partial charge is 0.162 e. The van der Waals surface area contributed by atoms with Crippen LogP contribution in [0.1, 0.15) is 36.0 Å². The quantitative estimate of drug-likeness (QED) is 0.422. The molecule has 0 aliphatic heterocycles. The van der Waals surface area contributed by atoms with Gasteiger partial charge in [0.2, 0.25) is 0 Å². The van der Waals surface area contributed by atoms with E-state index in [-0.39, 0.29) is 5.78 Å². The number of Topliss-reactive ketones (excluding diaryl/α,β-unsaturated/α-hetero) is 1. The Kier molecular flexibility index (Phi) is 5.05. The van der Waals surface area contributed by atoms with Crippen LogP contribution in [0.4, 0.5) is 0 Å². The number of unbranched alkanes of at least 4 members (excludes halogenated alkanes) is 2. The van der Waals surface area contributed by atoms with Crippen molar-refractivity contribution in [2.24, 2.45) is 0 Å². The van der Waals surface area contributed by atoms with Crippen molar-refractivity contribution in [3.05, 3.63) is 34.9 Å². The normalized spacial score (nSPS) is 9.93. The number of carbonyl (C=O) groups excluding carboxylic acids is 2. The molecule has 0 bridgehead atoms. The first-order valence-corrected chi connectivity index (χ1v) is 5.34. The van der Waals surface area contributed by atoms with E-state index >= 15 is 0 Å². The monoisotopic (exact) mass is 224 g/mol. The molecule has 1 rings (SSSR count). The van der Waals surface area contributed by atoms with Gasteiger partial charge in [-0.05, 0) is 37.1 Å². The molecular weight excluding hydrogens is 212 g/mol. The minimum Gasteiger partial charge on any atom is -0.303 e. The minimum atomic E-state index is 0.109. The van der Waals surface area contributed by atoms with Crippen molar-refractivity contribution in [1.29, 1.82) is 0 Å². The molecule has 0 N–H and O–H groups in total. The van der Waals surface area contributed by atoms with Crippen molar-refractivity contribution >= 4 is 23.7 Å². The SMILES string of the molecule is O=CCCCCC(=O)c1ccc(Cl)cc1. The highest BCUT2D eigenvalue weighted by atomic mass is 35.5. The van der Waals surface area contributed by atoms with Gasteiger partial charge in [0.25, 0.3) is 0 Å². The Morgan fingerprint density at radius 2 is 1.87 bits per heavy atom. The summed E-state index contributed by atoms with van der Waals surface area (Å²) in [4.78, 5) is 21.6. The molecule has 0 atom stereocenters. The number of ketones is 1. The Balaban J connectivity index is 2.40. The second-order valence-corrected chi connectivity index (χ2v) is 3.78. The molecule has 2 nitrogen and oxygen atoms in total. The van der Waals surface area contributed by atoms with E-state index in [1.54, 1.807) is 24.3 Å². The molecule has 1 aromatic rings. The zero-order valence-electron chi connectivity index (χ0n) is 8.41. The summed E-state index contributed by atoms with van der Waals surface area (Å²) < 4.78 is 0. The van der Waals surface area contributed by atoms with Crippen LogP contribution in [0.3, 0.4) is 0 Å². The van der Waals surface area contributed by atoms with Crippen LogP contribution in [0, 0.1) is 0 Å². The fraction of sp³-hybridized carbons (Fsp3) is 0.333. The average Bonchev–Trinajstić information content (AvgIpc) is 2.25. The topological polar surface area (TPSA) is 34.1 Å². The van der Waals surface area contributed by atoms with Crippen molar-refractivity contribution in [2.45, 2.75) is 25.7 Å². The predicted octanol–water partition coefficient (Wildman–Crippen LogP) is 3.28. The molecule has 0 radical (unpaired) electrons. The summed E-state index contributed by atoms with van der Waals surface area (Å²) in [5, 5.41) is 0.632. The molecule has 0 amide bonds. The van der Waals surface area contributed by atoms with E-state index < -0.39 is 0 Å². The van der Waals surface area contributed by atoms with Crippen LogP contribution in [0.25, 0.3) is 0 Å². The maximum Gasteiger partial charge on any atom is 0.162 e. The van der Waals surface area contributed by atoms with Gasteiger partial charge in [-0.2, -0.15) is 0 Å². The lowest BCUT2D eigenvalue weighted by Crippen LogP contribution is -1.98. The second kappa shape index (κ2) is 6.36. The molecule has 3 heteroatoms. The molecule has 0 fully saturated rings. The third kappa shape index (κ3) is 4.26. The number of hydrogen-bond donors (Lipinski definition) is 0. The molecule has 1 aromatic carbocycles. The van der Waals surface area contributed by atoms with Gasteiger partial charge in [-0.3, -0.25) is 4.79 Å². The lowest BCUT2D eigenvalue weighted by atomic mass is 10.1. The molecule has 0 saturated carbocycles. The van der Waals surface area contributed by atoms with Crippen molar-refractivity contribution in [1.82, 2.24) is 0 Å². The summed E-state index contributed by atoms with van der Waals surface area (Å²) in [6.07, 6.45) is 3.46. The molecule has 0 spiro atoms. The number of halogens is 1.